The lowest BCUT2D eigenvalue weighted by atomic mass is 10.1. The second-order valence-electron chi connectivity index (χ2n) is 10.3. The van der Waals surface area contributed by atoms with Gasteiger partial charge in [-0.3, -0.25) is 9.69 Å². The molecule has 1 aromatic heterocycles. The molecule has 0 N–H and O–H groups in total. The molecule has 2 heterocycles. The van der Waals surface area contributed by atoms with Crippen molar-refractivity contribution in [3.8, 4) is 23.0 Å². The number of fused-ring (bicyclic) bond motifs is 1. The van der Waals surface area contributed by atoms with Gasteiger partial charge in [0, 0.05) is 32.1 Å². The van der Waals surface area contributed by atoms with Gasteiger partial charge in [0.15, 0.2) is 23.0 Å². The number of nitrogens with zero attached hydrogens (tertiary/aromatic N) is 3. The van der Waals surface area contributed by atoms with E-state index in [4.69, 9.17) is 18.9 Å². The van der Waals surface area contributed by atoms with Crippen LogP contribution in [0.1, 0.15) is 37.7 Å². The number of thiazole rings is 1. The Kier molecular flexibility index (Phi) is 9.60. The molecule has 44 heavy (non-hydrogen) atoms. The van der Waals surface area contributed by atoms with E-state index in [-0.39, 0.29) is 19.2 Å². The number of hydrogen-bond donors (Lipinski definition) is 0. The van der Waals surface area contributed by atoms with Crippen molar-refractivity contribution in [3.05, 3.63) is 99.0 Å². The lowest BCUT2D eigenvalue weighted by Crippen LogP contribution is -2.29. The monoisotopic (exact) mass is 627 g/mol. The maximum Gasteiger partial charge on any atom is 0.416 e. The van der Waals surface area contributed by atoms with Gasteiger partial charge in [-0.2, -0.15) is 13.2 Å². The van der Waals surface area contributed by atoms with Gasteiger partial charge in [-0.05, 0) is 53.4 Å². The summed E-state index contributed by atoms with van der Waals surface area (Å²) in [5.41, 5.74) is 2.04. The van der Waals surface area contributed by atoms with Crippen LogP contribution in [0.2, 0.25) is 0 Å². The van der Waals surface area contributed by atoms with Crippen LogP contribution in [0.3, 0.4) is 0 Å². The summed E-state index contributed by atoms with van der Waals surface area (Å²) in [4.78, 5) is 21.4. The average molecular weight is 628 g/mol. The molecular weight excluding hydrogens is 595 g/mol. The van der Waals surface area contributed by atoms with E-state index < -0.39 is 11.7 Å². The summed E-state index contributed by atoms with van der Waals surface area (Å²) in [6.45, 7) is 1.60. The molecule has 0 unspecified atom stereocenters. The lowest BCUT2D eigenvalue weighted by molar-refractivity contribution is -0.137. The molecule has 1 aliphatic rings. The van der Waals surface area contributed by atoms with E-state index in [0.717, 1.165) is 23.3 Å². The van der Waals surface area contributed by atoms with E-state index in [1.54, 1.807) is 37.6 Å². The van der Waals surface area contributed by atoms with Gasteiger partial charge in [-0.15, -0.1) is 11.3 Å². The van der Waals surface area contributed by atoms with Crippen molar-refractivity contribution in [1.82, 2.24) is 14.8 Å². The molecule has 1 amide bonds. The molecule has 0 aliphatic carbocycles. The van der Waals surface area contributed by atoms with Crippen molar-refractivity contribution >= 4 is 17.2 Å². The quantitative estimate of drug-likeness (QED) is 0.179. The topological polar surface area (TPSA) is 73.4 Å². The fraction of sp³-hybridized carbons (Fsp3) is 0.312. The molecule has 0 spiro atoms. The second-order valence-corrected chi connectivity index (χ2v) is 11.3. The molecule has 0 bridgehead atoms. The number of halogens is 3. The van der Waals surface area contributed by atoms with Crippen LogP contribution in [0.25, 0.3) is 0 Å². The first-order valence-corrected chi connectivity index (χ1v) is 14.7. The molecule has 0 saturated heterocycles. The zero-order chi connectivity index (χ0) is 31.3. The fourth-order valence-electron chi connectivity index (χ4n) is 4.87. The number of carbonyl (C=O) groups excluding carboxylic acids is 1. The fourth-order valence-corrected chi connectivity index (χ4v) is 5.68. The first-order chi connectivity index (χ1) is 21.1. The Morgan fingerprint density at radius 1 is 0.909 bits per heavy atom. The van der Waals surface area contributed by atoms with E-state index in [9.17, 15) is 18.0 Å². The highest BCUT2D eigenvalue weighted by Gasteiger charge is 2.30. The molecule has 0 radical (unpaired) electrons. The number of carbonyl (C=O) groups is 1. The summed E-state index contributed by atoms with van der Waals surface area (Å²) in [7, 11) is 4.88. The highest BCUT2D eigenvalue weighted by Crippen LogP contribution is 2.34. The van der Waals surface area contributed by atoms with Crippen LogP contribution in [0.4, 0.5) is 13.2 Å². The maximum atomic E-state index is 13.4. The molecule has 3 aromatic carbocycles. The van der Waals surface area contributed by atoms with E-state index in [0.29, 0.717) is 65.3 Å². The van der Waals surface area contributed by atoms with Crippen LogP contribution in [0.5, 0.6) is 23.0 Å². The Morgan fingerprint density at radius 2 is 1.64 bits per heavy atom. The van der Waals surface area contributed by atoms with E-state index in [1.165, 1.54) is 17.4 Å². The number of benzene rings is 3. The SMILES string of the molecule is COc1ccc(CCN(C)C(=O)c2csc(CN(Cc3cccc(C(F)(F)F)c3)Cc3ccc4c(c3)OCO4)n2)cc1OC. The molecule has 4 aromatic rings. The number of amides is 1. The Labute approximate surface area is 257 Å². The van der Waals surface area contributed by atoms with Gasteiger partial charge in [0.2, 0.25) is 6.79 Å². The van der Waals surface area contributed by atoms with Gasteiger partial charge < -0.3 is 23.8 Å². The third-order valence-electron chi connectivity index (χ3n) is 7.16. The van der Waals surface area contributed by atoms with E-state index >= 15 is 0 Å². The minimum atomic E-state index is -4.44. The first kappa shape index (κ1) is 31.1. The Balaban J connectivity index is 1.28. The molecule has 1 aliphatic heterocycles. The smallest absolute Gasteiger partial charge is 0.416 e. The minimum absolute atomic E-state index is 0.144. The summed E-state index contributed by atoms with van der Waals surface area (Å²) in [5.74, 6) is 2.32. The number of rotatable bonds is 12. The molecule has 5 rings (SSSR count). The van der Waals surface area contributed by atoms with Crippen LogP contribution in [-0.4, -0.2) is 55.3 Å². The van der Waals surface area contributed by atoms with Crippen molar-refractivity contribution in [2.75, 3.05) is 34.6 Å². The van der Waals surface area contributed by atoms with Crippen molar-refractivity contribution in [2.45, 2.75) is 32.2 Å². The lowest BCUT2D eigenvalue weighted by Gasteiger charge is -2.22. The molecule has 8 nitrogen and oxygen atoms in total. The highest BCUT2D eigenvalue weighted by atomic mass is 32.1. The predicted octanol–water partition coefficient (Wildman–Crippen LogP) is 6.42. The van der Waals surface area contributed by atoms with Crippen LogP contribution in [0.15, 0.2) is 66.0 Å². The third-order valence-corrected chi connectivity index (χ3v) is 8.00. The number of ether oxygens (including phenoxy) is 4. The molecule has 0 fully saturated rings. The molecule has 12 heteroatoms. The molecule has 0 atom stereocenters. The molecule has 232 valence electrons. The summed E-state index contributed by atoms with van der Waals surface area (Å²) < 4.78 is 61.7. The van der Waals surface area contributed by atoms with Gasteiger partial charge in [-0.25, -0.2) is 4.98 Å². The molecular formula is C32H32F3N3O5S. The Morgan fingerprint density at radius 3 is 2.39 bits per heavy atom. The van der Waals surface area contributed by atoms with E-state index in [2.05, 4.69) is 4.98 Å². The molecule has 0 saturated carbocycles. The maximum absolute atomic E-state index is 13.4. The van der Waals surface area contributed by atoms with E-state index in [1.807, 2.05) is 41.3 Å². The second kappa shape index (κ2) is 13.6. The summed E-state index contributed by atoms with van der Waals surface area (Å²) in [6.07, 6.45) is -3.83. The highest BCUT2D eigenvalue weighted by molar-refractivity contribution is 7.09. The van der Waals surface area contributed by atoms with Crippen molar-refractivity contribution < 1.29 is 36.9 Å². The standard InChI is InChI=1S/C32H32F3N3O5S/c1-37(12-11-21-7-9-26(40-2)28(14-21)41-3)31(39)25-19-44-30(36-25)18-38(16-22-5-4-6-24(13-22)32(33,34)35)17-23-8-10-27-29(15-23)43-20-42-27/h4-10,13-15,19H,11-12,16-18,20H2,1-3H3. The number of methoxy groups -OCH3 is 2. The van der Waals surface area contributed by atoms with Crippen molar-refractivity contribution in [1.29, 1.82) is 0 Å². The van der Waals surface area contributed by atoms with Crippen molar-refractivity contribution in [2.24, 2.45) is 0 Å². The number of alkyl halides is 3. The predicted molar refractivity (Wildman–Crippen MR) is 159 cm³/mol. The number of hydrogen-bond acceptors (Lipinski definition) is 8. The van der Waals surface area contributed by atoms with Crippen LogP contribution in [0, 0.1) is 0 Å². The van der Waals surface area contributed by atoms with Gasteiger partial charge in [0.25, 0.3) is 5.91 Å². The van der Waals surface area contributed by atoms with Crippen LogP contribution in [-0.2, 0) is 32.2 Å². The van der Waals surface area contributed by atoms with Gasteiger partial charge >= 0.3 is 6.18 Å². The number of likely N-dealkylation sites (N-methyl/N-ethyl adjacent to an activating group) is 1. The van der Waals surface area contributed by atoms with Crippen LogP contribution >= 0.6 is 11.3 Å². The zero-order valence-corrected chi connectivity index (χ0v) is 25.3. The first-order valence-electron chi connectivity index (χ1n) is 13.8. The Hall–Kier alpha value is -4.29. The Bertz CT molecular complexity index is 1610. The number of aromatic nitrogens is 1. The van der Waals surface area contributed by atoms with Crippen molar-refractivity contribution in [3.63, 3.8) is 0 Å². The van der Waals surface area contributed by atoms with Crippen LogP contribution < -0.4 is 18.9 Å². The van der Waals surface area contributed by atoms with Gasteiger partial charge in [0.05, 0.1) is 26.3 Å². The summed E-state index contributed by atoms with van der Waals surface area (Å²) in [5, 5.41) is 2.39. The zero-order valence-electron chi connectivity index (χ0n) is 24.5. The summed E-state index contributed by atoms with van der Waals surface area (Å²) >= 11 is 1.34. The average Bonchev–Trinajstić information content (AvgIpc) is 3.68. The van der Waals surface area contributed by atoms with Gasteiger partial charge in [0.1, 0.15) is 10.7 Å². The summed E-state index contributed by atoms with van der Waals surface area (Å²) in [6, 6.07) is 16.5. The van der Waals surface area contributed by atoms with Gasteiger partial charge in [-0.1, -0.05) is 30.3 Å². The normalized spacial score (nSPS) is 12.4. The minimum Gasteiger partial charge on any atom is -0.493 e. The third kappa shape index (κ3) is 7.61. The largest absolute Gasteiger partial charge is 0.493 e.